The van der Waals surface area contributed by atoms with Gasteiger partial charge in [0.1, 0.15) is 0 Å². The van der Waals surface area contributed by atoms with Gasteiger partial charge in [-0.3, -0.25) is 4.79 Å². The number of aromatic nitrogens is 1. The molecule has 0 fully saturated rings. The number of aryl methyl sites for hydroxylation is 1. The van der Waals surface area contributed by atoms with Gasteiger partial charge in [-0.1, -0.05) is 36.4 Å². The van der Waals surface area contributed by atoms with Gasteiger partial charge in [0.05, 0.1) is 11.2 Å². The molecule has 20 heavy (non-hydrogen) atoms. The molecule has 0 atom stereocenters. The molecule has 1 aromatic carbocycles. The lowest BCUT2D eigenvalue weighted by atomic mass is 10.0. The third kappa shape index (κ3) is 1.97. The van der Waals surface area contributed by atoms with Gasteiger partial charge in [-0.15, -0.1) is 0 Å². The maximum atomic E-state index is 11.5. The van der Waals surface area contributed by atoms with Crippen LogP contribution in [0.5, 0.6) is 0 Å². The molecule has 0 aliphatic carbocycles. The summed E-state index contributed by atoms with van der Waals surface area (Å²) in [5.74, 6) is -0.0545. The molecule has 0 unspecified atom stereocenters. The van der Waals surface area contributed by atoms with E-state index >= 15 is 0 Å². The Kier molecular flexibility index (Phi) is 3.03. The summed E-state index contributed by atoms with van der Waals surface area (Å²) in [4.78, 5) is 11.5. The molecule has 3 aromatic rings. The van der Waals surface area contributed by atoms with Crippen LogP contribution in [0.25, 0.3) is 16.6 Å². The van der Waals surface area contributed by atoms with Crippen molar-refractivity contribution in [3.05, 3.63) is 60.4 Å². The SMILES string of the molecule is CC(=O)Nc1c(-c2ccccc2)c2ccccn2c1C. The summed E-state index contributed by atoms with van der Waals surface area (Å²) in [6.45, 7) is 3.56. The maximum Gasteiger partial charge on any atom is 0.221 e. The van der Waals surface area contributed by atoms with Gasteiger partial charge in [-0.25, -0.2) is 0 Å². The van der Waals surface area contributed by atoms with Gasteiger partial charge in [0.2, 0.25) is 5.91 Å². The molecule has 1 N–H and O–H groups in total. The first-order valence-corrected chi connectivity index (χ1v) is 6.61. The summed E-state index contributed by atoms with van der Waals surface area (Å²) < 4.78 is 2.10. The standard InChI is InChI=1S/C17H16N2O/c1-12-17(18-13(2)20)16(14-8-4-3-5-9-14)15-10-6-7-11-19(12)15/h3-11H,1-2H3,(H,18,20). The average Bonchev–Trinajstić information content (AvgIpc) is 2.73. The van der Waals surface area contributed by atoms with E-state index in [1.54, 1.807) is 0 Å². The molecule has 0 radical (unpaired) electrons. The zero-order chi connectivity index (χ0) is 14.1. The lowest BCUT2D eigenvalue weighted by Gasteiger charge is -2.06. The number of hydrogen-bond acceptors (Lipinski definition) is 1. The van der Waals surface area contributed by atoms with Crippen molar-refractivity contribution in [2.24, 2.45) is 0 Å². The van der Waals surface area contributed by atoms with Crippen molar-refractivity contribution in [3.8, 4) is 11.1 Å². The molecule has 0 saturated carbocycles. The Bertz CT molecular complexity index is 772. The van der Waals surface area contributed by atoms with E-state index in [4.69, 9.17) is 0 Å². The normalized spacial score (nSPS) is 10.7. The van der Waals surface area contributed by atoms with E-state index < -0.39 is 0 Å². The zero-order valence-corrected chi connectivity index (χ0v) is 11.6. The number of anilines is 1. The summed E-state index contributed by atoms with van der Waals surface area (Å²) in [6.07, 6.45) is 2.02. The van der Waals surface area contributed by atoms with Crippen LogP contribution in [0.1, 0.15) is 12.6 Å². The van der Waals surface area contributed by atoms with Crippen molar-refractivity contribution in [1.29, 1.82) is 0 Å². The second-order valence-corrected chi connectivity index (χ2v) is 4.84. The molecule has 3 rings (SSSR count). The number of rotatable bonds is 2. The zero-order valence-electron chi connectivity index (χ0n) is 11.6. The summed E-state index contributed by atoms with van der Waals surface area (Å²) in [7, 11) is 0. The first kappa shape index (κ1) is 12.5. The number of carbonyl (C=O) groups is 1. The molecule has 0 saturated heterocycles. The highest BCUT2D eigenvalue weighted by molar-refractivity contribution is 6.01. The van der Waals surface area contributed by atoms with E-state index in [0.29, 0.717) is 0 Å². The van der Waals surface area contributed by atoms with Gasteiger partial charge in [0, 0.05) is 24.4 Å². The van der Waals surface area contributed by atoms with Crippen LogP contribution in [0.15, 0.2) is 54.7 Å². The number of nitrogens with zero attached hydrogens (tertiary/aromatic N) is 1. The third-order valence-electron chi connectivity index (χ3n) is 3.45. The molecule has 0 aliphatic rings. The molecule has 2 heterocycles. The van der Waals surface area contributed by atoms with Crippen molar-refractivity contribution < 1.29 is 4.79 Å². The van der Waals surface area contributed by atoms with Crippen molar-refractivity contribution in [3.63, 3.8) is 0 Å². The number of pyridine rings is 1. The summed E-state index contributed by atoms with van der Waals surface area (Å²) in [5.41, 5.74) is 5.19. The minimum absolute atomic E-state index is 0.0545. The highest BCUT2D eigenvalue weighted by Gasteiger charge is 2.17. The molecule has 0 aliphatic heterocycles. The summed E-state index contributed by atoms with van der Waals surface area (Å²) >= 11 is 0. The topological polar surface area (TPSA) is 33.5 Å². The van der Waals surface area contributed by atoms with Crippen LogP contribution < -0.4 is 5.32 Å². The molecule has 0 bridgehead atoms. The Labute approximate surface area is 117 Å². The predicted octanol–water partition coefficient (Wildman–Crippen LogP) is 3.87. The lowest BCUT2D eigenvalue weighted by molar-refractivity contribution is -0.114. The number of benzene rings is 1. The number of fused-ring (bicyclic) bond motifs is 1. The van der Waals surface area contributed by atoms with Gasteiger partial charge in [0.25, 0.3) is 0 Å². The van der Waals surface area contributed by atoms with Gasteiger partial charge in [-0.2, -0.15) is 0 Å². The van der Waals surface area contributed by atoms with Crippen molar-refractivity contribution in [2.75, 3.05) is 5.32 Å². The van der Waals surface area contributed by atoms with Crippen LogP contribution in [0, 0.1) is 6.92 Å². The number of amides is 1. The first-order chi connectivity index (χ1) is 9.68. The average molecular weight is 264 g/mol. The number of carbonyl (C=O) groups excluding carboxylic acids is 1. The highest BCUT2D eigenvalue weighted by atomic mass is 16.1. The van der Waals surface area contributed by atoms with Crippen molar-refractivity contribution >= 4 is 17.1 Å². The fourth-order valence-corrected chi connectivity index (χ4v) is 2.59. The number of hydrogen-bond donors (Lipinski definition) is 1. The predicted molar refractivity (Wildman–Crippen MR) is 81.9 cm³/mol. The Hall–Kier alpha value is -2.55. The monoisotopic (exact) mass is 264 g/mol. The molecule has 0 spiro atoms. The Morgan fingerprint density at radius 2 is 1.75 bits per heavy atom. The van der Waals surface area contributed by atoms with Crippen LogP contribution in [-0.2, 0) is 4.79 Å². The smallest absolute Gasteiger partial charge is 0.221 e. The molecular formula is C17H16N2O. The van der Waals surface area contributed by atoms with Gasteiger partial charge < -0.3 is 9.72 Å². The largest absolute Gasteiger partial charge is 0.324 e. The van der Waals surface area contributed by atoms with Crippen LogP contribution in [0.3, 0.4) is 0 Å². The van der Waals surface area contributed by atoms with Gasteiger partial charge in [0.15, 0.2) is 0 Å². The van der Waals surface area contributed by atoms with E-state index in [9.17, 15) is 4.79 Å². The molecule has 1 amide bonds. The van der Waals surface area contributed by atoms with Crippen LogP contribution in [0.2, 0.25) is 0 Å². The molecule has 3 heteroatoms. The minimum atomic E-state index is -0.0545. The summed E-state index contributed by atoms with van der Waals surface area (Å²) in [5, 5.41) is 2.97. The first-order valence-electron chi connectivity index (χ1n) is 6.61. The molecule has 2 aromatic heterocycles. The van der Waals surface area contributed by atoms with Crippen LogP contribution in [-0.4, -0.2) is 10.3 Å². The Balaban J connectivity index is 2.35. The molecule has 100 valence electrons. The van der Waals surface area contributed by atoms with E-state index in [1.807, 2.05) is 43.5 Å². The second kappa shape index (κ2) is 4.85. The Morgan fingerprint density at radius 3 is 2.45 bits per heavy atom. The van der Waals surface area contributed by atoms with E-state index in [0.717, 1.165) is 28.0 Å². The Morgan fingerprint density at radius 1 is 1.05 bits per heavy atom. The second-order valence-electron chi connectivity index (χ2n) is 4.84. The highest BCUT2D eigenvalue weighted by Crippen LogP contribution is 2.37. The quantitative estimate of drug-likeness (QED) is 0.749. The molecular weight excluding hydrogens is 248 g/mol. The van der Waals surface area contributed by atoms with Crippen molar-refractivity contribution in [1.82, 2.24) is 4.40 Å². The molecule has 3 nitrogen and oxygen atoms in total. The van der Waals surface area contributed by atoms with Crippen LogP contribution >= 0.6 is 0 Å². The maximum absolute atomic E-state index is 11.5. The lowest BCUT2D eigenvalue weighted by Crippen LogP contribution is -2.07. The summed E-state index contributed by atoms with van der Waals surface area (Å²) in [6, 6.07) is 16.2. The van der Waals surface area contributed by atoms with Crippen LogP contribution in [0.4, 0.5) is 5.69 Å². The fourth-order valence-electron chi connectivity index (χ4n) is 2.59. The minimum Gasteiger partial charge on any atom is -0.324 e. The van der Waals surface area contributed by atoms with E-state index in [1.165, 1.54) is 6.92 Å². The van der Waals surface area contributed by atoms with E-state index in [2.05, 4.69) is 27.9 Å². The third-order valence-corrected chi connectivity index (χ3v) is 3.45. The number of nitrogens with one attached hydrogen (secondary N) is 1. The van der Waals surface area contributed by atoms with Crippen molar-refractivity contribution in [2.45, 2.75) is 13.8 Å². The van der Waals surface area contributed by atoms with E-state index in [-0.39, 0.29) is 5.91 Å². The van der Waals surface area contributed by atoms with Gasteiger partial charge in [-0.05, 0) is 24.6 Å². The fraction of sp³-hybridized carbons (Fsp3) is 0.118. The van der Waals surface area contributed by atoms with Gasteiger partial charge >= 0.3 is 0 Å².